The van der Waals surface area contributed by atoms with E-state index in [1.165, 1.54) is 31.4 Å². The normalized spacial score (nSPS) is 19.7. The molecular weight excluding hydrogens is 509 g/mol. The first-order valence-corrected chi connectivity index (χ1v) is 11.2. The zero-order valence-corrected chi connectivity index (χ0v) is 20.0. The summed E-state index contributed by atoms with van der Waals surface area (Å²) in [5.74, 6) is -2.56. The van der Waals surface area contributed by atoms with Crippen molar-refractivity contribution in [1.82, 2.24) is 10.6 Å². The molecule has 3 rings (SSSR count). The Hall–Kier alpha value is -2.95. The number of ether oxygens (including phenoxy) is 3. The van der Waals surface area contributed by atoms with Crippen molar-refractivity contribution in [3.8, 4) is 11.5 Å². The minimum absolute atomic E-state index is 0.0717. The molecule has 12 heteroatoms. The summed E-state index contributed by atoms with van der Waals surface area (Å²) in [5, 5.41) is 5.08. The molecule has 1 aliphatic rings. The number of halogens is 4. The van der Waals surface area contributed by atoms with Crippen LogP contribution in [0.5, 0.6) is 11.5 Å². The van der Waals surface area contributed by atoms with E-state index >= 15 is 0 Å². The van der Waals surface area contributed by atoms with Crippen molar-refractivity contribution in [1.29, 1.82) is 0 Å². The first kappa shape index (κ1) is 26.7. The van der Waals surface area contributed by atoms with Crippen LogP contribution in [0.15, 0.2) is 36.4 Å². The van der Waals surface area contributed by atoms with Gasteiger partial charge in [-0.3, -0.25) is 14.4 Å². The van der Waals surface area contributed by atoms with Crippen molar-refractivity contribution in [2.24, 2.45) is 0 Å². The molecule has 8 nitrogen and oxygen atoms in total. The lowest BCUT2D eigenvalue weighted by atomic mass is 9.87. The fraction of sp³-hybridized carbons (Fsp3) is 0.348. The molecule has 1 aliphatic carbocycles. The number of ketones is 1. The molecule has 2 N–H and O–H groups in total. The van der Waals surface area contributed by atoms with E-state index in [0.29, 0.717) is 0 Å². The van der Waals surface area contributed by atoms with Gasteiger partial charge in [0.2, 0.25) is 0 Å². The van der Waals surface area contributed by atoms with Crippen molar-refractivity contribution in [3.05, 3.63) is 58.1 Å². The smallest absolute Gasteiger partial charge is 0.258 e. The fourth-order valence-electron chi connectivity index (χ4n) is 3.48. The second kappa shape index (κ2) is 12.1. The van der Waals surface area contributed by atoms with E-state index in [-0.39, 0.29) is 40.2 Å². The highest BCUT2D eigenvalue weighted by Crippen LogP contribution is 2.22. The van der Waals surface area contributed by atoms with Crippen LogP contribution < -0.4 is 20.1 Å². The number of rotatable bonds is 9. The van der Waals surface area contributed by atoms with E-state index in [4.69, 9.17) is 37.4 Å². The van der Waals surface area contributed by atoms with Crippen molar-refractivity contribution in [2.45, 2.75) is 31.0 Å². The maximum Gasteiger partial charge on any atom is 0.258 e. The largest absolute Gasteiger partial charge is 0.484 e. The number of carbonyl (C=O) groups excluding carboxylic acids is 3. The molecule has 2 amide bonds. The van der Waals surface area contributed by atoms with Gasteiger partial charge < -0.3 is 24.8 Å². The predicted octanol–water partition coefficient (Wildman–Crippen LogP) is 3.08. The number of carbonyl (C=O) groups is 3. The Kier molecular flexibility index (Phi) is 9.25. The topological polar surface area (TPSA) is 103 Å². The monoisotopic (exact) mass is 530 g/mol. The van der Waals surface area contributed by atoms with Crippen LogP contribution in [-0.2, 0) is 19.1 Å². The molecule has 0 spiro atoms. The molecule has 0 saturated heterocycles. The molecule has 0 aromatic heterocycles. The Morgan fingerprint density at radius 2 is 1.46 bits per heavy atom. The van der Waals surface area contributed by atoms with Crippen LogP contribution in [0.25, 0.3) is 0 Å². The van der Waals surface area contributed by atoms with Crippen molar-refractivity contribution in [3.63, 3.8) is 0 Å². The highest BCUT2D eigenvalue weighted by atomic mass is 35.5. The number of hydrogen-bond acceptors (Lipinski definition) is 6. The van der Waals surface area contributed by atoms with Crippen LogP contribution in [0.2, 0.25) is 10.0 Å². The van der Waals surface area contributed by atoms with Gasteiger partial charge in [-0.15, -0.1) is 0 Å². The van der Waals surface area contributed by atoms with E-state index in [1.54, 1.807) is 0 Å². The average Bonchev–Trinajstić information content (AvgIpc) is 2.82. The minimum Gasteiger partial charge on any atom is -0.484 e. The molecular formula is C23H22Cl2F2N2O6. The summed E-state index contributed by atoms with van der Waals surface area (Å²) in [6, 6.07) is 6.03. The average molecular weight is 531 g/mol. The summed E-state index contributed by atoms with van der Waals surface area (Å²) in [4.78, 5) is 37.1. The zero-order valence-electron chi connectivity index (χ0n) is 18.5. The summed E-state index contributed by atoms with van der Waals surface area (Å²) in [6.45, 7) is -0.851. The van der Waals surface area contributed by atoms with Gasteiger partial charge >= 0.3 is 0 Å². The highest BCUT2D eigenvalue weighted by molar-refractivity contribution is 6.31. The van der Waals surface area contributed by atoms with Crippen LogP contribution in [-0.4, -0.2) is 56.1 Å². The number of amides is 2. The summed E-state index contributed by atoms with van der Waals surface area (Å²) in [5.41, 5.74) is 0. The summed E-state index contributed by atoms with van der Waals surface area (Å²) in [7, 11) is 1.42. The number of Topliss-reactive ketones (excluding diaryl/α,β-unsaturated/α-hetero) is 1. The fourth-order valence-corrected chi connectivity index (χ4v) is 3.71. The van der Waals surface area contributed by atoms with E-state index < -0.39 is 54.9 Å². The third-order valence-corrected chi connectivity index (χ3v) is 5.85. The van der Waals surface area contributed by atoms with Crippen molar-refractivity contribution < 1.29 is 37.4 Å². The SMILES string of the molecule is CO[C@@H]1CC(NC(=O)COc2ccc(Cl)c(F)c2)C(=O)CC1NC(=O)COc1ccc(Cl)c(F)c1. The van der Waals surface area contributed by atoms with Crippen LogP contribution in [0.1, 0.15) is 12.8 Å². The molecule has 3 atom stereocenters. The van der Waals surface area contributed by atoms with E-state index in [9.17, 15) is 23.2 Å². The summed E-state index contributed by atoms with van der Waals surface area (Å²) >= 11 is 11.2. The molecule has 0 bridgehead atoms. The Morgan fingerprint density at radius 3 is 1.94 bits per heavy atom. The van der Waals surface area contributed by atoms with Crippen LogP contribution in [0.3, 0.4) is 0 Å². The van der Waals surface area contributed by atoms with Gasteiger partial charge in [-0.2, -0.15) is 0 Å². The molecule has 35 heavy (non-hydrogen) atoms. The van der Waals surface area contributed by atoms with Crippen LogP contribution >= 0.6 is 23.2 Å². The van der Waals surface area contributed by atoms with Gasteiger partial charge in [0.15, 0.2) is 19.0 Å². The second-order valence-corrected chi connectivity index (χ2v) is 8.52. The predicted molar refractivity (Wildman–Crippen MR) is 123 cm³/mol. The van der Waals surface area contributed by atoms with Gasteiger partial charge in [-0.05, 0) is 24.3 Å². The van der Waals surface area contributed by atoms with Crippen molar-refractivity contribution in [2.75, 3.05) is 20.3 Å². The molecule has 1 saturated carbocycles. The standard InChI is InChI=1S/C23H22Cl2F2N2O6/c1-33-21-9-18(28-22(31)10-34-12-2-4-14(24)16(26)6-12)20(30)8-19(21)29-23(32)11-35-13-3-5-15(25)17(27)7-13/h2-7,18-19,21H,8-11H2,1H3,(H,28,31)(H,29,32)/t18?,19?,21-/m1/s1. The van der Waals surface area contributed by atoms with E-state index in [2.05, 4.69) is 10.6 Å². The van der Waals surface area contributed by atoms with Gasteiger partial charge in [-0.25, -0.2) is 8.78 Å². The molecule has 188 valence electrons. The maximum atomic E-state index is 13.5. The molecule has 2 aromatic rings. The summed E-state index contributed by atoms with van der Waals surface area (Å²) < 4.78 is 42.8. The first-order chi connectivity index (χ1) is 16.7. The molecule has 1 fully saturated rings. The molecule has 2 unspecified atom stereocenters. The van der Waals surface area contributed by atoms with E-state index in [1.807, 2.05) is 0 Å². The zero-order chi connectivity index (χ0) is 25.5. The number of nitrogens with one attached hydrogen (secondary N) is 2. The number of hydrogen-bond donors (Lipinski definition) is 2. The Morgan fingerprint density at radius 1 is 0.943 bits per heavy atom. The van der Waals surface area contributed by atoms with Crippen LogP contribution in [0.4, 0.5) is 8.78 Å². The Bertz CT molecular complexity index is 1100. The third-order valence-electron chi connectivity index (χ3n) is 5.23. The number of methoxy groups -OCH3 is 1. The van der Waals surface area contributed by atoms with Gasteiger partial charge in [0.05, 0.1) is 28.2 Å². The van der Waals surface area contributed by atoms with Crippen molar-refractivity contribution >= 4 is 40.8 Å². The third kappa shape index (κ3) is 7.51. The lowest BCUT2D eigenvalue weighted by Gasteiger charge is -2.35. The highest BCUT2D eigenvalue weighted by Gasteiger charge is 2.37. The van der Waals surface area contributed by atoms with Gasteiger partial charge in [-0.1, -0.05) is 23.2 Å². The molecule has 0 radical (unpaired) electrons. The van der Waals surface area contributed by atoms with Gasteiger partial charge in [0, 0.05) is 32.1 Å². The van der Waals surface area contributed by atoms with Gasteiger partial charge in [0.25, 0.3) is 11.8 Å². The first-order valence-electron chi connectivity index (χ1n) is 10.5. The molecule has 0 aliphatic heterocycles. The quantitative estimate of drug-likeness (QED) is 0.516. The lowest BCUT2D eigenvalue weighted by Crippen LogP contribution is -2.57. The second-order valence-electron chi connectivity index (χ2n) is 7.70. The van der Waals surface area contributed by atoms with E-state index in [0.717, 1.165) is 12.1 Å². The molecule has 2 aromatic carbocycles. The Labute approximate surface area is 209 Å². The number of benzene rings is 2. The lowest BCUT2D eigenvalue weighted by molar-refractivity contribution is -0.134. The molecule has 0 heterocycles. The van der Waals surface area contributed by atoms with Gasteiger partial charge in [0.1, 0.15) is 23.1 Å². The van der Waals surface area contributed by atoms with Crippen LogP contribution in [0, 0.1) is 11.6 Å². The summed E-state index contributed by atoms with van der Waals surface area (Å²) in [6.07, 6.45) is -0.542. The minimum atomic E-state index is -0.848. The maximum absolute atomic E-state index is 13.5. The Balaban J connectivity index is 1.48.